The molecule has 1 heteroatoms. The molecule has 3 atom stereocenters. The van der Waals surface area contributed by atoms with Crippen LogP contribution in [0.4, 0.5) is 0 Å². The highest BCUT2D eigenvalue weighted by Crippen LogP contribution is 2.38. The van der Waals surface area contributed by atoms with Crippen LogP contribution in [0.25, 0.3) is 0 Å². The van der Waals surface area contributed by atoms with Gasteiger partial charge >= 0.3 is 0 Å². The lowest BCUT2D eigenvalue weighted by Gasteiger charge is -2.47. The second kappa shape index (κ2) is 4.45. The van der Waals surface area contributed by atoms with E-state index in [0.29, 0.717) is 5.54 Å². The van der Waals surface area contributed by atoms with E-state index in [1.165, 1.54) is 44.9 Å². The van der Waals surface area contributed by atoms with E-state index >= 15 is 0 Å². The lowest BCUT2D eigenvalue weighted by atomic mass is 9.72. The molecule has 0 bridgehead atoms. The second-order valence-electron chi connectivity index (χ2n) is 6.10. The van der Waals surface area contributed by atoms with Crippen LogP contribution in [0.15, 0.2) is 0 Å². The van der Waals surface area contributed by atoms with Gasteiger partial charge in [0.1, 0.15) is 0 Å². The van der Waals surface area contributed by atoms with Gasteiger partial charge in [-0.2, -0.15) is 0 Å². The molecule has 2 aliphatic rings. The molecule has 0 spiro atoms. The summed E-state index contributed by atoms with van der Waals surface area (Å²) in [4.78, 5) is 0. The van der Waals surface area contributed by atoms with Crippen molar-refractivity contribution in [2.45, 2.75) is 77.3 Å². The van der Waals surface area contributed by atoms with Crippen molar-refractivity contribution in [1.82, 2.24) is 5.32 Å². The van der Waals surface area contributed by atoms with Crippen LogP contribution in [0.5, 0.6) is 0 Å². The summed E-state index contributed by atoms with van der Waals surface area (Å²) in [5.74, 6) is 1.87. The lowest BCUT2D eigenvalue weighted by Crippen LogP contribution is -2.55. The quantitative estimate of drug-likeness (QED) is 0.747. The van der Waals surface area contributed by atoms with Gasteiger partial charge < -0.3 is 5.32 Å². The van der Waals surface area contributed by atoms with Crippen LogP contribution in [-0.4, -0.2) is 11.6 Å². The fraction of sp³-hybridized carbons (Fsp3) is 1.00. The van der Waals surface area contributed by atoms with Crippen LogP contribution in [0.3, 0.4) is 0 Å². The Kier molecular flexibility index (Phi) is 3.39. The fourth-order valence-electron chi connectivity index (χ4n) is 3.32. The predicted octanol–water partition coefficient (Wildman–Crippen LogP) is 3.73. The summed E-state index contributed by atoms with van der Waals surface area (Å²) in [6.07, 6.45) is 9.86. The number of hydrogen-bond acceptors (Lipinski definition) is 1. The first-order chi connectivity index (χ1) is 7.15. The molecule has 1 N–H and O–H groups in total. The molecule has 2 rings (SSSR count). The molecular formula is C14H27N. The van der Waals surface area contributed by atoms with E-state index in [-0.39, 0.29) is 0 Å². The molecule has 0 amide bonds. The summed E-state index contributed by atoms with van der Waals surface area (Å²) in [6.45, 7) is 7.19. The van der Waals surface area contributed by atoms with Gasteiger partial charge in [0.05, 0.1) is 0 Å². The SMILES string of the molecule is CCC1(NC2CCC(C)C(C)C2)CCC1. The summed E-state index contributed by atoms with van der Waals surface area (Å²) in [7, 11) is 0. The molecule has 1 nitrogen and oxygen atoms in total. The smallest absolute Gasteiger partial charge is 0.0181 e. The maximum absolute atomic E-state index is 3.97. The van der Waals surface area contributed by atoms with Crippen molar-refractivity contribution in [3.05, 3.63) is 0 Å². The van der Waals surface area contributed by atoms with Crippen molar-refractivity contribution in [3.63, 3.8) is 0 Å². The molecular weight excluding hydrogens is 182 g/mol. The van der Waals surface area contributed by atoms with Crippen molar-refractivity contribution < 1.29 is 0 Å². The minimum Gasteiger partial charge on any atom is -0.308 e. The zero-order valence-electron chi connectivity index (χ0n) is 10.7. The van der Waals surface area contributed by atoms with Gasteiger partial charge in [-0.3, -0.25) is 0 Å². The van der Waals surface area contributed by atoms with E-state index in [4.69, 9.17) is 0 Å². The molecule has 2 aliphatic carbocycles. The topological polar surface area (TPSA) is 12.0 Å². The zero-order chi connectivity index (χ0) is 10.9. The van der Waals surface area contributed by atoms with E-state index in [2.05, 4.69) is 26.1 Å². The Balaban J connectivity index is 1.84. The summed E-state index contributed by atoms with van der Waals surface area (Å²) in [5, 5.41) is 3.97. The first-order valence-corrected chi connectivity index (χ1v) is 6.93. The highest BCUT2D eigenvalue weighted by atomic mass is 15.0. The van der Waals surface area contributed by atoms with Crippen molar-refractivity contribution >= 4 is 0 Å². The first kappa shape index (κ1) is 11.4. The van der Waals surface area contributed by atoms with Crippen LogP contribution in [0.2, 0.25) is 0 Å². The van der Waals surface area contributed by atoms with Crippen molar-refractivity contribution in [3.8, 4) is 0 Å². The summed E-state index contributed by atoms with van der Waals surface area (Å²) in [5.41, 5.74) is 0.547. The van der Waals surface area contributed by atoms with Crippen molar-refractivity contribution in [2.75, 3.05) is 0 Å². The van der Waals surface area contributed by atoms with Gasteiger partial charge in [-0.25, -0.2) is 0 Å². The molecule has 3 unspecified atom stereocenters. The third-order valence-corrected chi connectivity index (χ3v) is 5.10. The van der Waals surface area contributed by atoms with Crippen LogP contribution < -0.4 is 5.32 Å². The molecule has 0 aromatic carbocycles. The molecule has 15 heavy (non-hydrogen) atoms. The summed E-state index contributed by atoms with van der Waals surface area (Å²) < 4.78 is 0. The van der Waals surface area contributed by atoms with Gasteiger partial charge in [0, 0.05) is 11.6 Å². The summed E-state index contributed by atoms with van der Waals surface area (Å²) in [6, 6.07) is 0.816. The number of hydrogen-bond donors (Lipinski definition) is 1. The van der Waals surface area contributed by atoms with Crippen LogP contribution in [0, 0.1) is 11.8 Å². The minimum absolute atomic E-state index is 0.547. The van der Waals surface area contributed by atoms with Crippen molar-refractivity contribution in [2.24, 2.45) is 11.8 Å². The van der Waals surface area contributed by atoms with E-state index in [9.17, 15) is 0 Å². The van der Waals surface area contributed by atoms with Crippen LogP contribution in [-0.2, 0) is 0 Å². The molecule has 2 fully saturated rings. The maximum atomic E-state index is 3.97. The Hall–Kier alpha value is -0.0400. The van der Waals surface area contributed by atoms with Gasteiger partial charge in [0.15, 0.2) is 0 Å². The number of rotatable bonds is 3. The van der Waals surface area contributed by atoms with Gasteiger partial charge in [-0.1, -0.05) is 20.8 Å². The molecule has 0 saturated heterocycles. The Morgan fingerprint density at radius 2 is 1.87 bits per heavy atom. The Labute approximate surface area is 95.0 Å². The van der Waals surface area contributed by atoms with Crippen LogP contribution in [0.1, 0.15) is 65.7 Å². The van der Waals surface area contributed by atoms with E-state index in [1.807, 2.05) is 0 Å². The molecule has 0 aromatic rings. The van der Waals surface area contributed by atoms with Gasteiger partial charge in [-0.15, -0.1) is 0 Å². The van der Waals surface area contributed by atoms with E-state index in [0.717, 1.165) is 17.9 Å². The molecule has 0 aromatic heterocycles. The van der Waals surface area contributed by atoms with Crippen molar-refractivity contribution in [1.29, 1.82) is 0 Å². The molecule has 0 radical (unpaired) electrons. The molecule has 2 saturated carbocycles. The van der Waals surface area contributed by atoms with E-state index < -0.39 is 0 Å². The van der Waals surface area contributed by atoms with Gasteiger partial charge in [-0.05, 0) is 56.8 Å². The number of nitrogens with one attached hydrogen (secondary N) is 1. The molecule has 0 aliphatic heterocycles. The second-order valence-corrected chi connectivity index (χ2v) is 6.10. The highest BCUT2D eigenvalue weighted by Gasteiger charge is 2.37. The monoisotopic (exact) mass is 209 g/mol. The standard InChI is InChI=1S/C14H27N/c1-4-14(8-5-9-14)15-13-7-6-11(2)12(3)10-13/h11-13,15H,4-10H2,1-3H3. The lowest BCUT2D eigenvalue weighted by molar-refractivity contribution is 0.120. The van der Waals surface area contributed by atoms with Gasteiger partial charge in [0.25, 0.3) is 0 Å². The largest absolute Gasteiger partial charge is 0.308 e. The summed E-state index contributed by atoms with van der Waals surface area (Å²) >= 11 is 0. The third kappa shape index (κ3) is 2.38. The normalized spacial score (nSPS) is 39.8. The molecule has 88 valence electrons. The Morgan fingerprint density at radius 3 is 2.33 bits per heavy atom. The van der Waals surface area contributed by atoms with E-state index in [1.54, 1.807) is 0 Å². The third-order valence-electron chi connectivity index (χ3n) is 5.10. The Morgan fingerprint density at radius 1 is 1.13 bits per heavy atom. The fourth-order valence-corrected chi connectivity index (χ4v) is 3.32. The average Bonchev–Trinajstić information content (AvgIpc) is 2.17. The maximum Gasteiger partial charge on any atom is 0.0181 e. The zero-order valence-corrected chi connectivity index (χ0v) is 10.7. The van der Waals surface area contributed by atoms with Crippen LogP contribution >= 0.6 is 0 Å². The molecule has 0 heterocycles. The Bertz CT molecular complexity index is 202. The van der Waals surface area contributed by atoms with Gasteiger partial charge in [0.2, 0.25) is 0 Å². The minimum atomic E-state index is 0.547. The predicted molar refractivity (Wildman–Crippen MR) is 66.0 cm³/mol. The average molecular weight is 209 g/mol. The first-order valence-electron chi connectivity index (χ1n) is 6.93. The highest BCUT2D eigenvalue weighted by molar-refractivity contribution is 4.97.